The molecule has 2 aromatic carbocycles. The standard InChI is InChI=1S/C15H12ClN3O3S2/c1-24(21,22)10-7-5-9(6-8-10)14(20)18-19-15-17-13-11(16)3-2-4-12(13)23-15/h2-8H,1H3,(H,17,19)(H,18,20). The van der Waals surface area contributed by atoms with E-state index in [1.807, 2.05) is 12.1 Å². The first kappa shape index (κ1) is 16.7. The van der Waals surface area contributed by atoms with Crippen molar-refractivity contribution in [2.24, 2.45) is 0 Å². The number of amides is 1. The van der Waals surface area contributed by atoms with Crippen LogP contribution >= 0.6 is 22.9 Å². The second kappa shape index (κ2) is 6.39. The molecule has 0 aliphatic rings. The Hall–Kier alpha value is -2.16. The third kappa shape index (κ3) is 3.50. The van der Waals surface area contributed by atoms with E-state index in [1.54, 1.807) is 6.07 Å². The first-order chi connectivity index (χ1) is 11.3. The van der Waals surface area contributed by atoms with Crippen molar-refractivity contribution in [2.75, 3.05) is 11.7 Å². The summed E-state index contributed by atoms with van der Waals surface area (Å²) in [6.45, 7) is 0. The summed E-state index contributed by atoms with van der Waals surface area (Å²) in [5.41, 5.74) is 6.25. The number of nitrogens with zero attached hydrogens (tertiary/aromatic N) is 1. The molecule has 3 rings (SSSR count). The maximum absolute atomic E-state index is 12.1. The lowest BCUT2D eigenvalue weighted by atomic mass is 10.2. The number of halogens is 1. The Labute approximate surface area is 147 Å². The maximum Gasteiger partial charge on any atom is 0.269 e. The highest BCUT2D eigenvalue weighted by atomic mass is 35.5. The molecule has 0 aliphatic heterocycles. The molecular formula is C15H12ClN3O3S2. The van der Waals surface area contributed by atoms with E-state index in [4.69, 9.17) is 11.6 Å². The highest BCUT2D eigenvalue weighted by molar-refractivity contribution is 7.90. The quantitative estimate of drug-likeness (QED) is 0.678. The monoisotopic (exact) mass is 381 g/mol. The number of hydrogen-bond acceptors (Lipinski definition) is 6. The van der Waals surface area contributed by atoms with Crippen LogP contribution in [0.4, 0.5) is 5.13 Å². The summed E-state index contributed by atoms with van der Waals surface area (Å²) in [5, 5.41) is 1.04. The number of carbonyl (C=O) groups is 1. The topological polar surface area (TPSA) is 88.2 Å². The van der Waals surface area contributed by atoms with E-state index in [1.165, 1.54) is 35.6 Å². The zero-order valence-corrected chi connectivity index (χ0v) is 14.8. The predicted molar refractivity (Wildman–Crippen MR) is 95.3 cm³/mol. The van der Waals surface area contributed by atoms with E-state index in [0.29, 0.717) is 21.2 Å². The van der Waals surface area contributed by atoms with Crippen LogP contribution in [0.2, 0.25) is 5.02 Å². The van der Waals surface area contributed by atoms with E-state index < -0.39 is 15.7 Å². The van der Waals surface area contributed by atoms with Crippen LogP contribution in [0.25, 0.3) is 10.2 Å². The van der Waals surface area contributed by atoms with Crippen LogP contribution in [0.3, 0.4) is 0 Å². The number of aromatic nitrogens is 1. The van der Waals surface area contributed by atoms with Gasteiger partial charge in [0, 0.05) is 11.8 Å². The van der Waals surface area contributed by atoms with E-state index in [9.17, 15) is 13.2 Å². The highest BCUT2D eigenvalue weighted by Gasteiger charge is 2.11. The molecule has 1 amide bonds. The first-order valence-corrected chi connectivity index (χ1v) is 9.85. The molecule has 0 bridgehead atoms. The number of hydrazine groups is 1. The van der Waals surface area contributed by atoms with Gasteiger partial charge in [0.15, 0.2) is 9.84 Å². The molecule has 0 saturated heterocycles. The maximum atomic E-state index is 12.1. The molecule has 124 valence electrons. The summed E-state index contributed by atoms with van der Waals surface area (Å²) in [4.78, 5) is 16.6. The molecule has 0 unspecified atom stereocenters. The van der Waals surface area contributed by atoms with Crippen LogP contribution in [0.1, 0.15) is 10.4 Å². The number of thiazole rings is 1. The van der Waals surface area contributed by atoms with Gasteiger partial charge < -0.3 is 0 Å². The van der Waals surface area contributed by atoms with Gasteiger partial charge in [-0.05, 0) is 36.4 Å². The molecule has 1 aromatic heterocycles. The Morgan fingerprint density at radius 1 is 1.17 bits per heavy atom. The Balaban J connectivity index is 1.71. The number of carbonyl (C=O) groups excluding carboxylic acids is 1. The van der Waals surface area contributed by atoms with Gasteiger partial charge in [-0.2, -0.15) is 0 Å². The number of nitrogens with one attached hydrogen (secondary N) is 2. The van der Waals surface area contributed by atoms with Crippen LogP contribution in [0.5, 0.6) is 0 Å². The Kier molecular flexibility index (Phi) is 4.44. The van der Waals surface area contributed by atoms with Crippen molar-refractivity contribution in [3.8, 4) is 0 Å². The highest BCUT2D eigenvalue weighted by Crippen LogP contribution is 2.30. The van der Waals surface area contributed by atoms with Crippen LogP contribution in [-0.4, -0.2) is 25.6 Å². The second-order valence-corrected chi connectivity index (χ2v) is 8.43. The summed E-state index contributed by atoms with van der Waals surface area (Å²) in [6, 6.07) is 11.1. The number of para-hydroxylation sites is 1. The number of anilines is 1. The van der Waals surface area contributed by atoms with Gasteiger partial charge in [-0.25, -0.2) is 13.4 Å². The molecule has 1 heterocycles. The molecule has 0 radical (unpaired) electrons. The third-order valence-electron chi connectivity index (χ3n) is 3.20. The molecule has 9 heteroatoms. The number of fused-ring (bicyclic) bond motifs is 1. The largest absolute Gasteiger partial charge is 0.273 e. The third-order valence-corrected chi connectivity index (χ3v) is 5.57. The fourth-order valence-electron chi connectivity index (χ4n) is 2.00. The molecule has 0 spiro atoms. The minimum atomic E-state index is -3.29. The average Bonchev–Trinajstić information content (AvgIpc) is 2.96. The lowest BCUT2D eigenvalue weighted by Gasteiger charge is -2.06. The van der Waals surface area contributed by atoms with Gasteiger partial charge in [-0.1, -0.05) is 29.0 Å². The van der Waals surface area contributed by atoms with Gasteiger partial charge in [0.05, 0.1) is 14.6 Å². The molecule has 6 nitrogen and oxygen atoms in total. The molecule has 2 N–H and O–H groups in total. The normalized spacial score (nSPS) is 11.4. The zero-order chi connectivity index (χ0) is 17.3. The summed E-state index contributed by atoms with van der Waals surface area (Å²) >= 11 is 7.41. The minimum absolute atomic E-state index is 0.160. The number of sulfone groups is 1. The van der Waals surface area contributed by atoms with Crippen molar-refractivity contribution in [1.82, 2.24) is 10.4 Å². The van der Waals surface area contributed by atoms with Crippen molar-refractivity contribution in [3.63, 3.8) is 0 Å². The summed E-state index contributed by atoms with van der Waals surface area (Å²) in [6.07, 6.45) is 1.11. The molecule has 24 heavy (non-hydrogen) atoms. The van der Waals surface area contributed by atoms with Crippen molar-refractivity contribution in [3.05, 3.63) is 53.1 Å². The van der Waals surface area contributed by atoms with Crippen LogP contribution in [0.15, 0.2) is 47.4 Å². The van der Waals surface area contributed by atoms with E-state index in [0.717, 1.165) is 11.0 Å². The molecule has 0 saturated carbocycles. The second-order valence-electron chi connectivity index (χ2n) is 4.98. The van der Waals surface area contributed by atoms with E-state index in [-0.39, 0.29) is 4.90 Å². The van der Waals surface area contributed by atoms with Gasteiger partial charge >= 0.3 is 0 Å². The SMILES string of the molecule is CS(=O)(=O)c1ccc(C(=O)NNc2nc3c(Cl)cccc3s2)cc1. The summed E-state index contributed by atoms with van der Waals surface area (Å²) in [5.74, 6) is -0.402. The van der Waals surface area contributed by atoms with Gasteiger partial charge in [0.1, 0.15) is 5.52 Å². The Morgan fingerprint density at radius 2 is 1.88 bits per heavy atom. The van der Waals surface area contributed by atoms with Gasteiger partial charge in [-0.3, -0.25) is 15.6 Å². The smallest absolute Gasteiger partial charge is 0.269 e. The summed E-state index contributed by atoms with van der Waals surface area (Å²) in [7, 11) is -3.29. The lowest BCUT2D eigenvalue weighted by Crippen LogP contribution is -2.29. The van der Waals surface area contributed by atoms with Crippen molar-refractivity contribution in [1.29, 1.82) is 0 Å². The van der Waals surface area contributed by atoms with E-state index >= 15 is 0 Å². The molecule has 0 aliphatic carbocycles. The molecule has 0 atom stereocenters. The fraction of sp³-hybridized carbons (Fsp3) is 0.0667. The minimum Gasteiger partial charge on any atom is -0.273 e. The van der Waals surface area contributed by atoms with Crippen molar-refractivity contribution >= 4 is 54.0 Å². The van der Waals surface area contributed by atoms with Crippen LogP contribution in [-0.2, 0) is 9.84 Å². The fourth-order valence-corrected chi connectivity index (χ4v) is 3.75. The van der Waals surface area contributed by atoms with Crippen molar-refractivity contribution < 1.29 is 13.2 Å². The van der Waals surface area contributed by atoms with Gasteiger partial charge in [0.2, 0.25) is 5.13 Å². The number of benzene rings is 2. The number of rotatable bonds is 4. The summed E-state index contributed by atoms with van der Waals surface area (Å²) < 4.78 is 23.7. The zero-order valence-electron chi connectivity index (χ0n) is 12.4. The Morgan fingerprint density at radius 3 is 2.50 bits per heavy atom. The van der Waals surface area contributed by atoms with Crippen LogP contribution < -0.4 is 10.9 Å². The predicted octanol–water partition coefficient (Wildman–Crippen LogP) is 3.11. The average molecular weight is 382 g/mol. The molecule has 0 fully saturated rings. The van der Waals surface area contributed by atoms with Gasteiger partial charge in [-0.15, -0.1) is 0 Å². The first-order valence-electron chi connectivity index (χ1n) is 6.76. The number of hydrogen-bond donors (Lipinski definition) is 2. The van der Waals surface area contributed by atoms with Crippen LogP contribution in [0, 0.1) is 0 Å². The van der Waals surface area contributed by atoms with Gasteiger partial charge in [0.25, 0.3) is 5.91 Å². The molecule has 3 aromatic rings. The van der Waals surface area contributed by atoms with E-state index in [2.05, 4.69) is 15.8 Å². The lowest BCUT2D eigenvalue weighted by molar-refractivity contribution is 0.0962. The Bertz CT molecular complexity index is 1010. The molecular weight excluding hydrogens is 370 g/mol. The van der Waals surface area contributed by atoms with Crippen molar-refractivity contribution in [2.45, 2.75) is 4.90 Å².